The molecule has 0 amide bonds. The van der Waals surface area contributed by atoms with E-state index in [2.05, 4.69) is 12.0 Å². The number of rotatable bonds is 4. The van der Waals surface area contributed by atoms with Gasteiger partial charge in [0.15, 0.2) is 0 Å². The Balaban J connectivity index is 1.67. The Bertz CT molecular complexity index is 324. The largest absolute Gasteiger partial charge is 0.382 e. The summed E-state index contributed by atoms with van der Waals surface area (Å²) in [5.74, 6) is 1.39. The molecule has 0 radical (unpaired) electrons. The lowest BCUT2D eigenvalue weighted by molar-refractivity contribution is 0.0107. The van der Waals surface area contributed by atoms with Gasteiger partial charge in [-0.1, -0.05) is 19.8 Å². The lowest BCUT2D eigenvalue weighted by Gasteiger charge is -2.26. The van der Waals surface area contributed by atoms with E-state index in [-0.39, 0.29) is 0 Å². The van der Waals surface area contributed by atoms with Gasteiger partial charge in [0.25, 0.3) is 0 Å². The fourth-order valence-electron chi connectivity index (χ4n) is 2.34. The van der Waals surface area contributed by atoms with Crippen LogP contribution >= 0.6 is 0 Å². The van der Waals surface area contributed by atoms with Crippen molar-refractivity contribution in [3.05, 3.63) is 12.3 Å². The third-order valence-electron chi connectivity index (χ3n) is 3.22. The molecular weight excluding hydrogens is 202 g/mol. The van der Waals surface area contributed by atoms with Gasteiger partial charge in [-0.05, 0) is 24.8 Å². The van der Waals surface area contributed by atoms with Crippen molar-refractivity contribution in [1.29, 1.82) is 0 Å². The van der Waals surface area contributed by atoms with Gasteiger partial charge >= 0.3 is 0 Å². The molecule has 2 N–H and O–H groups in total. The Morgan fingerprint density at radius 3 is 3.12 bits per heavy atom. The Morgan fingerprint density at radius 1 is 1.56 bits per heavy atom. The first-order chi connectivity index (χ1) is 7.74. The summed E-state index contributed by atoms with van der Waals surface area (Å²) < 4.78 is 7.70. The molecule has 4 nitrogen and oxygen atoms in total. The molecule has 1 heterocycles. The van der Waals surface area contributed by atoms with Gasteiger partial charge in [0.05, 0.1) is 19.3 Å². The first-order valence-electron chi connectivity index (χ1n) is 6.14. The SMILES string of the molecule is CC1CCCC(OCCn2ccc(N)n2)C1. The summed E-state index contributed by atoms with van der Waals surface area (Å²) in [4.78, 5) is 0. The summed E-state index contributed by atoms with van der Waals surface area (Å²) in [7, 11) is 0. The number of anilines is 1. The van der Waals surface area contributed by atoms with Crippen molar-refractivity contribution in [3.8, 4) is 0 Å². The maximum atomic E-state index is 5.86. The average Bonchev–Trinajstić information content (AvgIpc) is 2.64. The molecule has 1 aliphatic carbocycles. The molecule has 1 aromatic rings. The zero-order chi connectivity index (χ0) is 11.4. The van der Waals surface area contributed by atoms with E-state index in [1.165, 1.54) is 25.7 Å². The van der Waals surface area contributed by atoms with E-state index in [1.807, 2.05) is 16.9 Å². The van der Waals surface area contributed by atoms with Gasteiger partial charge in [0.2, 0.25) is 0 Å². The Hall–Kier alpha value is -1.03. The van der Waals surface area contributed by atoms with Crippen LogP contribution in [0.3, 0.4) is 0 Å². The van der Waals surface area contributed by atoms with Crippen LogP contribution < -0.4 is 5.73 Å². The number of nitrogens with two attached hydrogens (primary N) is 1. The first kappa shape index (κ1) is 11.5. The second-order valence-electron chi connectivity index (χ2n) is 4.77. The molecular formula is C12H21N3O. The standard InChI is InChI=1S/C12H21N3O/c1-10-3-2-4-11(9-10)16-8-7-15-6-5-12(13)14-15/h5-6,10-11H,2-4,7-9H2,1H3,(H2,13,14). The summed E-state index contributed by atoms with van der Waals surface area (Å²) in [6, 6.07) is 1.81. The number of aromatic nitrogens is 2. The second kappa shape index (κ2) is 5.34. The van der Waals surface area contributed by atoms with Crippen molar-refractivity contribution in [2.45, 2.75) is 45.3 Å². The molecule has 0 spiro atoms. The summed E-state index contributed by atoms with van der Waals surface area (Å²) >= 11 is 0. The number of nitrogen functional groups attached to an aromatic ring is 1. The van der Waals surface area contributed by atoms with Crippen LogP contribution in [0.1, 0.15) is 32.6 Å². The molecule has 4 heteroatoms. The third-order valence-corrected chi connectivity index (χ3v) is 3.22. The molecule has 2 atom stereocenters. The quantitative estimate of drug-likeness (QED) is 0.850. The van der Waals surface area contributed by atoms with E-state index in [9.17, 15) is 0 Å². The molecule has 90 valence electrons. The van der Waals surface area contributed by atoms with Gasteiger partial charge in [-0.25, -0.2) is 0 Å². The zero-order valence-corrected chi connectivity index (χ0v) is 9.93. The molecule has 1 fully saturated rings. The minimum absolute atomic E-state index is 0.455. The van der Waals surface area contributed by atoms with Gasteiger partial charge in [-0.3, -0.25) is 4.68 Å². The summed E-state index contributed by atoms with van der Waals surface area (Å²) in [6.45, 7) is 3.84. The molecule has 0 bridgehead atoms. The summed E-state index contributed by atoms with van der Waals surface area (Å²) in [6.07, 6.45) is 7.43. The number of ether oxygens (including phenoxy) is 1. The van der Waals surface area contributed by atoms with Crippen LogP contribution in [0.2, 0.25) is 0 Å². The number of nitrogens with zero attached hydrogens (tertiary/aromatic N) is 2. The minimum atomic E-state index is 0.455. The van der Waals surface area contributed by atoms with Crippen LogP contribution in [0.4, 0.5) is 5.82 Å². The van der Waals surface area contributed by atoms with E-state index in [0.717, 1.165) is 19.1 Å². The average molecular weight is 223 g/mol. The zero-order valence-electron chi connectivity index (χ0n) is 9.93. The van der Waals surface area contributed by atoms with E-state index in [1.54, 1.807) is 0 Å². The van der Waals surface area contributed by atoms with E-state index in [4.69, 9.17) is 10.5 Å². The first-order valence-corrected chi connectivity index (χ1v) is 6.14. The molecule has 1 aromatic heterocycles. The Morgan fingerprint density at radius 2 is 2.44 bits per heavy atom. The molecule has 1 aliphatic rings. The highest BCUT2D eigenvalue weighted by molar-refractivity contribution is 5.23. The van der Waals surface area contributed by atoms with Crippen molar-refractivity contribution < 1.29 is 4.74 Å². The maximum absolute atomic E-state index is 5.86. The van der Waals surface area contributed by atoms with Crippen LogP contribution in [-0.4, -0.2) is 22.5 Å². The maximum Gasteiger partial charge on any atom is 0.145 e. The van der Waals surface area contributed by atoms with Gasteiger partial charge < -0.3 is 10.5 Å². The number of hydrogen-bond donors (Lipinski definition) is 1. The topological polar surface area (TPSA) is 53.1 Å². The normalized spacial score (nSPS) is 25.8. The molecule has 0 aliphatic heterocycles. The fraction of sp³-hybridized carbons (Fsp3) is 0.750. The highest BCUT2D eigenvalue weighted by Crippen LogP contribution is 2.25. The van der Waals surface area contributed by atoms with Crippen molar-refractivity contribution in [2.24, 2.45) is 5.92 Å². The molecule has 0 saturated heterocycles. The molecule has 2 unspecified atom stereocenters. The highest BCUT2D eigenvalue weighted by atomic mass is 16.5. The van der Waals surface area contributed by atoms with E-state index in [0.29, 0.717) is 11.9 Å². The lowest BCUT2D eigenvalue weighted by Crippen LogP contribution is -2.23. The van der Waals surface area contributed by atoms with E-state index < -0.39 is 0 Å². The highest BCUT2D eigenvalue weighted by Gasteiger charge is 2.18. The van der Waals surface area contributed by atoms with Gasteiger partial charge in [0.1, 0.15) is 5.82 Å². The van der Waals surface area contributed by atoms with Crippen molar-refractivity contribution in [3.63, 3.8) is 0 Å². The van der Waals surface area contributed by atoms with Gasteiger partial charge in [0, 0.05) is 6.20 Å². The Kier molecular flexibility index (Phi) is 3.83. The molecule has 2 rings (SSSR count). The fourth-order valence-corrected chi connectivity index (χ4v) is 2.34. The molecule has 16 heavy (non-hydrogen) atoms. The predicted octanol–water partition coefficient (Wildman–Crippen LogP) is 2.06. The van der Waals surface area contributed by atoms with Crippen molar-refractivity contribution >= 4 is 5.82 Å². The van der Waals surface area contributed by atoms with Crippen LogP contribution in [0.25, 0.3) is 0 Å². The minimum Gasteiger partial charge on any atom is -0.382 e. The molecule has 1 saturated carbocycles. The van der Waals surface area contributed by atoms with Crippen LogP contribution in [0.15, 0.2) is 12.3 Å². The second-order valence-corrected chi connectivity index (χ2v) is 4.77. The monoisotopic (exact) mass is 223 g/mol. The van der Waals surface area contributed by atoms with Crippen molar-refractivity contribution in [1.82, 2.24) is 9.78 Å². The summed E-state index contributed by atoms with van der Waals surface area (Å²) in [5.41, 5.74) is 5.54. The Labute approximate surface area is 96.8 Å². The van der Waals surface area contributed by atoms with Crippen LogP contribution in [0, 0.1) is 5.92 Å². The van der Waals surface area contributed by atoms with Crippen LogP contribution in [0.5, 0.6) is 0 Å². The summed E-state index contributed by atoms with van der Waals surface area (Å²) in [5, 5.41) is 4.12. The predicted molar refractivity (Wildman–Crippen MR) is 64.0 cm³/mol. The molecule has 0 aromatic carbocycles. The van der Waals surface area contributed by atoms with E-state index >= 15 is 0 Å². The number of hydrogen-bond acceptors (Lipinski definition) is 3. The van der Waals surface area contributed by atoms with Crippen LogP contribution in [-0.2, 0) is 11.3 Å². The smallest absolute Gasteiger partial charge is 0.145 e. The van der Waals surface area contributed by atoms with Gasteiger partial charge in [-0.15, -0.1) is 0 Å². The van der Waals surface area contributed by atoms with Gasteiger partial charge in [-0.2, -0.15) is 5.10 Å². The third kappa shape index (κ3) is 3.23. The lowest BCUT2D eigenvalue weighted by atomic mass is 9.89. The van der Waals surface area contributed by atoms with Crippen molar-refractivity contribution in [2.75, 3.05) is 12.3 Å².